The summed E-state index contributed by atoms with van der Waals surface area (Å²) >= 11 is 0. The molecule has 1 aliphatic rings. The van der Waals surface area contributed by atoms with Crippen molar-refractivity contribution in [2.45, 2.75) is 6.42 Å². The van der Waals surface area contributed by atoms with E-state index in [-0.39, 0.29) is 5.92 Å². The van der Waals surface area contributed by atoms with Crippen LogP contribution in [0.2, 0.25) is 0 Å². The Kier molecular flexibility index (Phi) is 3.91. The zero-order valence-corrected chi connectivity index (χ0v) is 12.4. The van der Waals surface area contributed by atoms with Crippen LogP contribution >= 0.6 is 0 Å². The van der Waals surface area contributed by atoms with Crippen LogP contribution in [0.1, 0.15) is 6.42 Å². The van der Waals surface area contributed by atoms with Gasteiger partial charge in [0.25, 0.3) is 0 Å². The SMILES string of the molecule is CN(c1ccccc1)c1cc(N2CCC(C(=O)O)C2)ncn1. The highest BCUT2D eigenvalue weighted by Gasteiger charge is 2.29. The molecule has 2 heterocycles. The van der Waals surface area contributed by atoms with Gasteiger partial charge in [0, 0.05) is 31.9 Å². The minimum atomic E-state index is -0.738. The standard InChI is InChI=1S/C16H18N4O2/c1-19(13-5-3-2-4-6-13)14-9-15(18-11-17-14)20-8-7-12(10-20)16(21)22/h2-6,9,11-12H,7-8,10H2,1H3,(H,21,22). The topological polar surface area (TPSA) is 69.6 Å². The molecule has 1 aliphatic heterocycles. The fourth-order valence-corrected chi connectivity index (χ4v) is 2.65. The summed E-state index contributed by atoms with van der Waals surface area (Å²) in [5, 5.41) is 9.10. The lowest BCUT2D eigenvalue weighted by molar-refractivity contribution is -0.140. The maximum atomic E-state index is 11.1. The van der Waals surface area contributed by atoms with Crippen LogP contribution in [-0.2, 0) is 4.79 Å². The highest BCUT2D eigenvalue weighted by atomic mass is 16.4. The predicted octanol–water partition coefficient (Wildman–Crippen LogP) is 2.16. The van der Waals surface area contributed by atoms with Gasteiger partial charge in [-0.2, -0.15) is 0 Å². The molecule has 2 aromatic rings. The van der Waals surface area contributed by atoms with E-state index in [1.54, 1.807) is 0 Å². The molecule has 0 spiro atoms. The van der Waals surface area contributed by atoms with E-state index in [0.717, 1.165) is 17.3 Å². The molecule has 6 nitrogen and oxygen atoms in total. The van der Waals surface area contributed by atoms with Crippen LogP contribution < -0.4 is 9.80 Å². The van der Waals surface area contributed by atoms with Gasteiger partial charge >= 0.3 is 5.97 Å². The molecule has 1 saturated heterocycles. The molecular weight excluding hydrogens is 280 g/mol. The summed E-state index contributed by atoms with van der Waals surface area (Å²) in [7, 11) is 1.95. The van der Waals surface area contributed by atoms with Gasteiger partial charge in [-0.1, -0.05) is 18.2 Å². The molecule has 0 saturated carbocycles. The van der Waals surface area contributed by atoms with E-state index in [4.69, 9.17) is 5.11 Å². The second kappa shape index (κ2) is 6.01. The first-order valence-electron chi connectivity index (χ1n) is 7.24. The monoisotopic (exact) mass is 298 g/mol. The fraction of sp³-hybridized carbons (Fsp3) is 0.312. The number of anilines is 3. The molecule has 1 aromatic heterocycles. The summed E-state index contributed by atoms with van der Waals surface area (Å²) in [4.78, 5) is 23.7. The Morgan fingerprint density at radius 3 is 2.77 bits per heavy atom. The summed E-state index contributed by atoms with van der Waals surface area (Å²) in [5.74, 6) is 0.509. The highest BCUT2D eigenvalue weighted by Crippen LogP contribution is 2.26. The van der Waals surface area contributed by atoms with E-state index in [9.17, 15) is 4.79 Å². The van der Waals surface area contributed by atoms with E-state index in [2.05, 4.69) is 9.97 Å². The number of carboxylic acids is 1. The van der Waals surface area contributed by atoms with Gasteiger partial charge in [0.1, 0.15) is 18.0 Å². The molecule has 1 atom stereocenters. The van der Waals surface area contributed by atoms with Crippen molar-refractivity contribution in [1.82, 2.24) is 9.97 Å². The summed E-state index contributed by atoms with van der Waals surface area (Å²) in [6, 6.07) is 11.9. The molecule has 0 radical (unpaired) electrons. The third-order valence-corrected chi connectivity index (χ3v) is 3.99. The molecule has 22 heavy (non-hydrogen) atoms. The zero-order chi connectivity index (χ0) is 15.5. The van der Waals surface area contributed by atoms with E-state index in [1.165, 1.54) is 6.33 Å². The quantitative estimate of drug-likeness (QED) is 0.932. The Hall–Kier alpha value is -2.63. The summed E-state index contributed by atoms with van der Waals surface area (Å²) in [6.07, 6.45) is 2.18. The number of aliphatic carboxylic acids is 1. The van der Waals surface area contributed by atoms with Crippen molar-refractivity contribution >= 4 is 23.3 Å². The maximum absolute atomic E-state index is 11.1. The van der Waals surface area contributed by atoms with Crippen molar-refractivity contribution in [3.8, 4) is 0 Å². The molecule has 1 N–H and O–H groups in total. The molecule has 0 amide bonds. The van der Waals surface area contributed by atoms with Crippen molar-refractivity contribution in [3.05, 3.63) is 42.7 Å². The van der Waals surface area contributed by atoms with Gasteiger partial charge in [0.15, 0.2) is 0 Å². The Morgan fingerprint density at radius 2 is 2.09 bits per heavy atom. The largest absolute Gasteiger partial charge is 0.481 e. The summed E-state index contributed by atoms with van der Waals surface area (Å²) < 4.78 is 0. The Morgan fingerprint density at radius 1 is 1.32 bits per heavy atom. The van der Waals surface area contributed by atoms with Crippen LogP contribution in [0, 0.1) is 5.92 Å². The molecule has 6 heteroatoms. The molecule has 0 bridgehead atoms. The van der Waals surface area contributed by atoms with E-state index in [0.29, 0.717) is 19.5 Å². The number of carboxylic acid groups (broad SMARTS) is 1. The average molecular weight is 298 g/mol. The molecule has 1 unspecified atom stereocenters. The second-order valence-electron chi connectivity index (χ2n) is 5.40. The fourth-order valence-electron chi connectivity index (χ4n) is 2.65. The van der Waals surface area contributed by atoms with Crippen molar-refractivity contribution < 1.29 is 9.90 Å². The third-order valence-electron chi connectivity index (χ3n) is 3.99. The Balaban J connectivity index is 1.80. The van der Waals surface area contributed by atoms with Gasteiger partial charge in [-0.25, -0.2) is 9.97 Å². The Bertz CT molecular complexity index is 662. The number of carbonyl (C=O) groups is 1. The average Bonchev–Trinajstić information content (AvgIpc) is 3.05. The number of nitrogens with zero attached hydrogens (tertiary/aromatic N) is 4. The first-order valence-corrected chi connectivity index (χ1v) is 7.24. The van der Waals surface area contributed by atoms with Crippen molar-refractivity contribution in [2.75, 3.05) is 29.9 Å². The maximum Gasteiger partial charge on any atom is 0.308 e. The molecule has 1 aromatic carbocycles. The van der Waals surface area contributed by atoms with Gasteiger partial charge in [0.2, 0.25) is 0 Å². The van der Waals surface area contributed by atoms with Crippen LogP contribution in [-0.4, -0.2) is 41.2 Å². The normalized spacial score (nSPS) is 17.5. The highest BCUT2D eigenvalue weighted by molar-refractivity contribution is 5.72. The van der Waals surface area contributed by atoms with Crippen LogP contribution in [0.4, 0.5) is 17.3 Å². The smallest absolute Gasteiger partial charge is 0.308 e. The van der Waals surface area contributed by atoms with Crippen LogP contribution in [0.15, 0.2) is 42.7 Å². The van der Waals surface area contributed by atoms with Crippen molar-refractivity contribution in [2.24, 2.45) is 5.92 Å². The van der Waals surface area contributed by atoms with Crippen LogP contribution in [0.25, 0.3) is 0 Å². The first-order chi connectivity index (χ1) is 10.6. The lowest BCUT2D eigenvalue weighted by Gasteiger charge is -2.21. The lowest BCUT2D eigenvalue weighted by atomic mass is 10.1. The van der Waals surface area contributed by atoms with Crippen molar-refractivity contribution in [3.63, 3.8) is 0 Å². The first kappa shape index (κ1) is 14.3. The molecule has 1 fully saturated rings. The number of rotatable bonds is 4. The predicted molar refractivity (Wildman–Crippen MR) is 84.5 cm³/mol. The number of aromatic nitrogens is 2. The van der Waals surface area contributed by atoms with E-state index < -0.39 is 5.97 Å². The van der Waals surface area contributed by atoms with Crippen molar-refractivity contribution in [1.29, 1.82) is 0 Å². The molecular formula is C16H18N4O2. The molecule has 3 rings (SSSR count). The van der Waals surface area contributed by atoms with E-state index >= 15 is 0 Å². The van der Waals surface area contributed by atoms with Crippen LogP contribution in [0.5, 0.6) is 0 Å². The number of para-hydroxylation sites is 1. The minimum Gasteiger partial charge on any atom is -0.481 e. The number of hydrogen-bond donors (Lipinski definition) is 1. The lowest BCUT2D eigenvalue weighted by Crippen LogP contribution is -2.24. The van der Waals surface area contributed by atoms with Gasteiger partial charge in [0.05, 0.1) is 5.92 Å². The van der Waals surface area contributed by atoms with Gasteiger partial charge in [-0.3, -0.25) is 4.79 Å². The molecule has 114 valence electrons. The minimum absolute atomic E-state index is 0.315. The Labute approximate surface area is 129 Å². The van der Waals surface area contributed by atoms with Crippen LogP contribution in [0.3, 0.4) is 0 Å². The van der Waals surface area contributed by atoms with Gasteiger partial charge in [-0.15, -0.1) is 0 Å². The third kappa shape index (κ3) is 2.86. The zero-order valence-electron chi connectivity index (χ0n) is 12.4. The molecule has 0 aliphatic carbocycles. The van der Waals surface area contributed by atoms with E-state index in [1.807, 2.05) is 53.2 Å². The number of hydrogen-bond acceptors (Lipinski definition) is 5. The second-order valence-corrected chi connectivity index (χ2v) is 5.40. The van der Waals surface area contributed by atoms with Gasteiger partial charge < -0.3 is 14.9 Å². The van der Waals surface area contributed by atoms with Gasteiger partial charge in [-0.05, 0) is 18.6 Å². The summed E-state index contributed by atoms with van der Waals surface area (Å²) in [6.45, 7) is 1.21. The summed E-state index contributed by atoms with van der Waals surface area (Å²) in [5.41, 5.74) is 1.04. The number of benzene rings is 1.